The fourth-order valence-corrected chi connectivity index (χ4v) is 1.51. The van der Waals surface area contributed by atoms with Gasteiger partial charge in [0, 0.05) is 17.9 Å². The van der Waals surface area contributed by atoms with E-state index >= 15 is 0 Å². The summed E-state index contributed by atoms with van der Waals surface area (Å²) in [6, 6.07) is 6.57. The first-order valence-corrected chi connectivity index (χ1v) is 4.83. The maximum Gasteiger partial charge on any atom is 0.132 e. The molecule has 1 atom stereocenters. The molecule has 0 aliphatic carbocycles. The monoisotopic (exact) mass is 205 g/mol. The van der Waals surface area contributed by atoms with E-state index < -0.39 is 0 Å². The van der Waals surface area contributed by atoms with E-state index in [1.807, 2.05) is 6.92 Å². The first kappa shape index (κ1) is 9.83. The zero-order valence-electron chi connectivity index (χ0n) is 8.44. The molecule has 78 valence electrons. The second-order valence-corrected chi connectivity index (χ2v) is 3.66. The number of hydrogen-bond acceptors (Lipinski definition) is 3. The van der Waals surface area contributed by atoms with Gasteiger partial charge in [-0.05, 0) is 6.07 Å². The van der Waals surface area contributed by atoms with Crippen LogP contribution >= 0.6 is 0 Å². The lowest BCUT2D eigenvalue weighted by Crippen LogP contribution is -2.27. The first-order chi connectivity index (χ1) is 7.18. The third-order valence-corrected chi connectivity index (χ3v) is 2.48. The molecular weight excluding hydrogens is 193 g/mol. The number of nitrogens with zero attached hydrogens (tertiary/aromatic N) is 2. The maximum atomic E-state index is 13.4. The minimum atomic E-state index is -0.265. The molecular formula is C11H12FN3. The lowest BCUT2D eigenvalue weighted by molar-refractivity contribution is 0.623. The van der Waals surface area contributed by atoms with Crippen molar-refractivity contribution in [1.29, 1.82) is 0 Å². The third kappa shape index (κ3) is 1.88. The van der Waals surface area contributed by atoms with Gasteiger partial charge < -0.3 is 5.73 Å². The van der Waals surface area contributed by atoms with Crippen molar-refractivity contribution in [2.75, 3.05) is 0 Å². The number of nitrogens with two attached hydrogens (primary N) is 1. The number of amidine groups is 1. The van der Waals surface area contributed by atoms with Crippen LogP contribution in [0.25, 0.3) is 0 Å². The topological polar surface area (TPSA) is 50.7 Å². The van der Waals surface area contributed by atoms with Crippen LogP contribution in [0.3, 0.4) is 0 Å². The second-order valence-electron chi connectivity index (χ2n) is 3.66. The molecule has 0 amide bonds. The van der Waals surface area contributed by atoms with Crippen molar-refractivity contribution >= 4 is 11.5 Å². The average Bonchev–Trinajstić information content (AvgIpc) is 2.23. The van der Waals surface area contributed by atoms with Crippen molar-refractivity contribution in [1.82, 2.24) is 0 Å². The number of rotatable bonds is 1. The van der Waals surface area contributed by atoms with Crippen LogP contribution in [0.5, 0.6) is 0 Å². The van der Waals surface area contributed by atoms with Crippen molar-refractivity contribution in [3.63, 3.8) is 0 Å². The molecule has 1 aromatic rings. The minimum absolute atomic E-state index is 0.122. The number of hydrogen-bond donors (Lipinski definition) is 1. The van der Waals surface area contributed by atoms with Crippen LogP contribution in [0, 0.1) is 11.7 Å². The highest BCUT2D eigenvalue weighted by Crippen LogP contribution is 2.17. The highest BCUT2D eigenvalue weighted by molar-refractivity contribution is 6.04. The summed E-state index contributed by atoms with van der Waals surface area (Å²) in [5.41, 5.74) is 6.78. The van der Waals surface area contributed by atoms with Crippen molar-refractivity contribution in [2.45, 2.75) is 13.3 Å². The molecule has 1 aromatic carbocycles. The van der Waals surface area contributed by atoms with E-state index in [-0.39, 0.29) is 11.7 Å². The molecule has 0 aromatic heterocycles. The molecule has 2 N–H and O–H groups in total. The largest absolute Gasteiger partial charge is 0.385 e. The summed E-state index contributed by atoms with van der Waals surface area (Å²) in [6.45, 7) is 1.95. The van der Waals surface area contributed by atoms with E-state index in [9.17, 15) is 4.39 Å². The molecule has 1 aliphatic heterocycles. The Balaban J connectivity index is 2.38. The summed E-state index contributed by atoms with van der Waals surface area (Å²) in [5, 5.41) is 7.76. The quantitative estimate of drug-likeness (QED) is 0.748. The summed E-state index contributed by atoms with van der Waals surface area (Å²) in [6.07, 6.45) is 0.635. The van der Waals surface area contributed by atoms with Gasteiger partial charge in [-0.25, -0.2) is 4.39 Å². The van der Waals surface area contributed by atoms with Gasteiger partial charge in [0.25, 0.3) is 0 Å². The van der Waals surface area contributed by atoms with Gasteiger partial charge in [-0.3, -0.25) is 0 Å². The van der Waals surface area contributed by atoms with Crippen molar-refractivity contribution in [3.05, 3.63) is 35.6 Å². The minimum Gasteiger partial charge on any atom is -0.385 e. The Morgan fingerprint density at radius 3 is 2.73 bits per heavy atom. The van der Waals surface area contributed by atoms with Gasteiger partial charge in [0.2, 0.25) is 0 Å². The van der Waals surface area contributed by atoms with E-state index in [1.165, 1.54) is 6.07 Å². The van der Waals surface area contributed by atoms with Crippen LogP contribution in [0.4, 0.5) is 4.39 Å². The molecule has 1 aliphatic rings. The van der Waals surface area contributed by atoms with E-state index in [0.29, 0.717) is 23.5 Å². The Morgan fingerprint density at radius 2 is 2.07 bits per heavy atom. The van der Waals surface area contributed by atoms with Gasteiger partial charge in [-0.2, -0.15) is 5.10 Å². The molecule has 0 saturated carbocycles. The summed E-state index contributed by atoms with van der Waals surface area (Å²) in [5.74, 6) is 0.367. The molecule has 0 bridgehead atoms. The second kappa shape index (κ2) is 3.81. The van der Waals surface area contributed by atoms with Crippen molar-refractivity contribution in [3.8, 4) is 0 Å². The zero-order chi connectivity index (χ0) is 10.8. The lowest BCUT2D eigenvalue weighted by atomic mass is 9.97. The van der Waals surface area contributed by atoms with Crippen LogP contribution in [0.1, 0.15) is 18.9 Å². The van der Waals surface area contributed by atoms with E-state index in [4.69, 9.17) is 5.73 Å². The lowest BCUT2D eigenvalue weighted by Gasteiger charge is -2.16. The smallest absolute Gasteiger partial charge is 0.132 e. The standard InChI is InChI=1S/C11H12FN3/c1-7-6-10(14-15-11(7)13)8-4-2-3-5-9(8)12/h2-5,7H,6H2,1H3,(H2,13,15). The molecule has 0 fully saturated rings. The van der Waals surface area contributed by atoms with Crippen LogP contribution < -0.4 is 5.73 Å². The van der Waals surface area contributed by atoms with Gasteiger partial charge in [0.15, 0.2) is 0 Å². The molecule has 15 heavy (non-hydrogen) atoms. The zero-order valence-corrected chi connectivity index (χ0v) is 8.44. The van der Waals surface area contributed by atoms with Gasteiger partial charge in [-0.15, -0.1) is 5.10 Å². The van der Waals surface area contributed by atoms with Gasteiger partial charge in [-0.1, -0.05) is 25.1 Å². The van der Waals surface area contributed by atoms with E-state index in [1.54, 1.807) is 18.2 Å². The number of benzene rings is 1. The first-order valence-electron chi connectivity index (χ1n) is 4.83. The van der Waals surface area contributed by atoms with E-state index in [2.05, 4.69) is 10.2 Å². The van der Waals surface area contributed by atoms with Crippen molar-refractivity contribution < 1.29 is 4.39 Å². The molecule has 4 heteroatoms. The predicted octanol–water partition coefficient (Wildman–Crippen LogP) is 1.93. The molecule has 0 radical (unpaired) electrons. The summed E-state index contributed by atoms with van der Waals surface area (Å²) in [4.78, 5) is 0. The maximum absolute atomic E-state index is 13.4. The highest BCUT2D eigenvalue weighted by atomic mass is 19.1. The molecule has 1 heterocycles. The summed E-state index contributed by atoms with van der Waals surface area (Å²) < 4.78 is 13.4. The SMILES string of the molecule is CC1CC(c2ccccc2F)=NN=C1N. The van der Waals surface area contributed by atoms with Crippen molar-refractivity contribution in [2.24, 2.45) is 21.9 Å². The van der Waals surface area contributed by atoms with Gasteiger partial charge >= 0.3 is 0 Å². The number of halogens is 1. The molecule has 0 saturated heterocycles. The van der Waals surface area contributed by atoms with E-state index in [0.717, 1.165) is 0 Å². The van der Waals surface area contributed by atoms with Gasteiger partial charge in [0.1, 0.15) is 11.7 Å². The van der Waals surface area contributed by atoms with Crippen LogP contribution in [0.2, 0.25) is 0 Å². The summed E-state index contributed by atoms with van der Waals surface area (Å²) >= 11 is 0. The van der Waals surface area contributed by atoms with Crippen LogP contribution in [-0.2, 0) is 0 Å². The summed E-state index contributed by atoms with van der Waals surface area (Å²) in [7, 11) is 0. The molecule has 3 nitrogen and oxygen atoms in total. The Kier molecular flexibility index (Phi) is 2.49. The Labute approximate surface area is 87.5 Å². The molecule has 2 rings (SSSR count). The Bertz CT molecular complexity index is 437. The average molecular weight is 205 g/mol. The third-order valence-electron chi connectivity index (χ3n) is 2.48. The Morgan fingerprint density at radius 1 is 1.33 bits per heavy atom. The Hall–Kier alpha value is -1.71. The predicted molar refractivity (Wildman–Crippen MR) is 58.3 cm³/mol. The van der Waals surface area contributed by atoms with Crippen LogP contribution in [0.15, 0.2) is 34.5 Å². The highest BCUT2D eigenvalue weighted by Gasteiger charge is 2.18. The molecule has 1 unspecified atom stereocenters. The molecule has 0 spiro atoms. The van der Waals surface area contributed by atoms with Crippen LogP contribution in [-0.4, -0.2) is 11.5 Å². The fourth-order valence-electron chi connectivity index (χ4n) is 1.51. The van der Waals surface area contributed by atoms with Gasteiger partial charge in [0.05, 0.1) is 5.71 Å². The fraction of sp³-hybridized carbons (Fsp3) is 0.273. The normalized spacial score (nSPS) is 20.8.